The third kappa shape index (κ3) is 3.56. The highest BCUT2D eigenvalue weighted by molar-refractivity contribution is 5.80. The lowest BCUT2D eigenvalue weighted by Crippen LogP contribution is -2.45. The second-order valence-electron chi connectivity index (χ2n) is 7.25. The first-order chi connectivity index (χ1) is 13.1. The van der Waals surface area contributed by atoms with Crippen LogP contribution in [-0.4, -0.2) is 56.5 Å². The minimum absolute atomic E-state index is 0.0311. The molecule has 4 rings (SSSR count). The van der Waals surface area contributed by atoms with Gasteiger partial charge in [0.05, 0.1) is 17.3 Å². The summed E-state index contributed by atoms with van der Waals surface area (Å²) in [5, 5.41) is 0. The number of amides is 1. The van der Waals surface area contributed by atoms with Gasteiger partial charge in [0.15, 0.2) is 0 Å². The van der Waals surface area contributed by atoms with Crippen LogP contribution in [0.25, 0.3) is 11.4 Å². The molecule has 2 aromatic heterocycles. The van der Waals surface area contributed by atoms with Crippen LogP contribution < -0.4 is 10.5 Å². The van der Waals surface area contributed by atoms with Gasteiger partial charge in [0, 0.05) is 45.5 Å². The maximum atomic E-state index is 12.8. The molecule has 27 heavy (non-hydrogen) atoms. The molecule has 0 aliphatic carbocycles. The normalized spacial score (nSPS) is 20.1. The minimum Gasteiger partial charge on any atom is -0.342 e. The fourth-order valence-corrected chi connectivity index (χ4v) is 3.94. The number of nitrogens with zero attached hydrogens (tertiary/aromatic N) is 6. The molecule has 0 radical (unpaired) electrons. The highest BCUT2D eigenvalue weighted by Crippen LogP contribution is 2.25. The van der Waals surface area contributed by atoms with Crippen molar-refractivity contribution in [2.45, 2.75) is 25.7 Å². The van der Waals surface area contributed by atoms with Crippen LogP contribution in [0.2, 0.25) is 0 Å². The van der Waals surface area contributed by atoms with Gasteiger partial charge >= 0.3 is 0 Å². The van der Waals surface area contributed by atoms with E-state index in [1.807, 2.05) is 4.90 Å². The van der Waals surface area contributed by atoms with Crippen LogP contribution in [0.3, 0.4) is 0 Å². The zero-order valence-electron chi connectivity index (χ0n) is 15.5. The molecule has 2 fully saturated rings. The van der Waals surface area contributed by atoms with E-state index in [4.69, 9.17) is 4.98 Å². The van der Waals surface area contributed by atoms with Gasteiger partial charge in [-0.2, -0.15) is 0 Å². The highest BCUT2D eigenvalue weighted by Gasteiger charge is 2.31. The summed E-state index contributed by atoms with van der Waals surface area (Å²) in [6.07, 6.45) is 7.08. The monoisotopic (exact) mass is 368 g/mol. The number of piperidine rings is 1. The number of carbonyl (C=O) groups excluding carboxylic acids is 1. The highest BCUT2D eigenvalue weighted by atomic mass is 16.2. The van der Waals surface area contributed by atoms with Crippen molar-refractivity contribution >= 4 is 11.9 Å². The van der Waals surface area contributed by atoms with E-state index >= 15 is 0 Å². The quantitative estimate of drug-likeness (QED) is 0.806. The van der Waals surface area contributed by atoms with Gasteiger partial charge in [-0.3, -0.25) is 14.2 Å². The van der Waals surface area contributed by atoms with Crippen LogP contribution in [0.15, 0.2) is 29.5 Å². The maximum Gasteiger partial charge on any atom is 0.255 e. The molecule has 0 spiro atoms. The molecule has 142 valence electrons. The molecule has 2 aliphatic heterocycles. The molecular formula is C19H24N6O2. The van der Waals surface area contributed by atoms with Crippen molar-refractivity contribution in [1.82, 2.24) is 24.4 Å². The predicted molar refractivity (Wildman–Crippen MR) is 101 cm³/mol. The van der Waals surface area contributed by atoms with Gasteiger partial charge in [-0.05, 0) is 31.7 Å². The summed E-state index contributed by atoms with van der Waals surface area (Å²) in [5.41, 5.74) is 1.01. The Bertz CT molecular complexity index is 876. The largest absolute Gasteiger partial charge is 0.342 e. The fourth-order valence-electron chi connectivity index (χ4n) is 3.94. The minimum atomic E-state index is -0.137. The SMILES string of the molecule is Cn1c(N2CCCC(C(=O)N3CCCC3)C2)nc(-c2ccncn2)cc1=O. The maximum absolute atomic E-state index is 12.8. The molecule has 1 unspecified atom stereocenters. The average molecular weight is 368 g/mol. The van der Waals surface area contributed by atoms with Crippen LogP contribution >= 0.6 is 0 Å². The molecule has 8 nitrogen and oxygen atoms in total. The molecule has 8 heteroatoms. The third-order valence-corrected chi connectivity index (χ3v) is 5.43. The Labute approximate surface area is 157 Å². The van der Waals surface area contributed by atoms with E-state index in [1.165, 1.54) is 12.4 Å². The Kier molecular flexibility index (Phi) is 4.87. The average Bonchev–Trinajstić information content (AvgIpc) is 3.25. The summed E-state index contributed by atoms with van der Waals surface area (Å²) >= 11 is 0. The molecule has 1 amide bonds. The summed E-state index contributed by atoms with van der Waals surface area (Å²) in [5.74, 6) is 0.806. The van der Waals surface area contributed by atoms with Crippen molar-refractivity contribution in [2.24, 2.45) is 13.0 Å². The standard InChI is InChI=1S/C19H24N6O2/c1-23-17(26)11-16(15-6-7-20-13-21-15)22-19(23)25-10-4-5-14(12-25)18(27)24-8-2-3-9-24/h6-7,11,13-14H,2-5,8-10,12H2,1H3. The third-order valence-electron chi connectivity index (χ3n) is 5.43. The number of rotatable bonds is 3. The summed E-state index contributed by atoms with van der Waals surface area (Å²) in [7, 11) is 1.72. The number of likely N-dealkylation sites (tertiary alicyclic amines) is 1. The first-order valence-corrected chi connectivity index (χ1v) is 9.51. The fraction of sp³-hybridized carbons (Fsp3) is 0.526. The van der Waals surface area contributed by atoms with Crippen LogP contribution in [-0.2, 0) is 11.8 Å². The van der Waals surface area contributed by atoms with E-state index in [1.54, 1.807) is 23.9 Å². The van der Waals surface area contributed by atoms with E-state index in [0.717, 1.165) is 45.3 Å². The Hall–Kier alpha value is -2.77. The van der Waals surface area contributed by atoms with Gasteiger partial charge in [0.1, 0.15) is 6.33 Å². The number of anilines is 1. The zero-order chi connectivity index (χ0) is 18.8. The summed E-state index contributed by atoms with van der Waals surface area (Å²) in [6.45, 7) is 3.13. The van der Waals surface area contributed by atoms with Crippen LogP contribution in [0.5, 0.6) is 0 Å². The van der Waals surface area contributed by atoms with Gasteiger partial charge in [-0.25, -0.2) is 15.0 Å². The topological polar surface area (TPSA) is 84.2 Å². The molecule has 4 heterocycles. The van der Waals surface area contributed by atoms with Crippen molar-refractivity contribution in [3.8, 4) is 11.4 Å². The summed E-state index contributed by atoms with van der Waals surface area (Å²) in [6, 6.07) is 3.23. The molecule has 2 saturated heterocycles. The van der Waals surface area contributed by atoms with Gasteiger partial charge < -0.3 is 9.80 Å². The second kappa shape index (κ2) is 7.46. The van der Waals surface area contributed by atoms with Crippen molar-refractivity contribution in [2.75, 3.05) is 31.1 Å². The van der Waals surface area contributed by atoms with Crippen molar-refractivity contribution in [3.05, 3.63) is 35.0 Å². The predicted octanol–water partition coefficient (Wildman–Crippen LogP) is 1.08. The molecule has 2 aromatic rings. The lowest BCUT2D eigenvalue weighted by atomic mass is 9.97. The molecule has 0 N–H and O–H groups in total. The van der Waals surface area contributed by atoms with Gasteiger partial charge in [-0.1, -0.05) is 0 Å². The number of aromatic nitrogens is 4. The Balaban J connectivity index is 1.61. The van der Waals surface area contributed by atoms with E-state index in [0.29, 0.717) is 23.9 Å². The van der Waals surface area contributed by atoms with Crippen LogP contribution in [0.1, 0.15) is 25.7 Å². The molecule has 0 aromatic carbocycles. The van der Waals surface area contributed by atoms with Gasteiger partial charge in [0.2, 0.25) is 11.9 Å². The Morgan fingerprint density at radius 2 is 1.96 bits per heavy atom. The Morgan fingerprint density at radius 1 is 1.15 bits per heavy atom. The number of carbonyl (C=O) groups is 1. The lowest BCUT2D eigenvalue weighted by Gasteiger charge is -2.35. The van der Waals surface area contributed by atoms with E-state index in [2.05, 4.69) is 14.9 Å². The smallest absolute Gasteiger partial charge is 0.255 e. The Morgan fingerprint density at radius 3 is 2.70 bits per heavy atom. The summed E-state index contributed by atoms with van der Waals surface area (Å²) < 4.78 is 1.55. The number of hydrogen-bond acceptors (Lipinski definition) is 6. The first-order valence-electron chi connectivity index (χ1n) is 9.51. The van der Waals surface area contributed by atoms with Crippen LogP contribution in [0.4, 0.5) is 5.95 Å². The summed E-state index contributed by atoms with van der Waals surface area (Å²) in [4.78, 5) is 42.1. The zero-order valence-corrected chi connectivity index (χ0v) is 15.5. The van der Waals surface area contributed by atoms with Crippen molar-refractivity contribution in [1.29, 1.82) is 0 Å². The van der Waals surface area contributed by atoms with E-state index < -0.39 is 0 Å². The molecule has 1 atom stereocenters. The van der Waals surface area contributed by atoms with E-state index in [9.17, 15) is 9.59 Å². The lowest BCUT2D eigenvalue weighted by molar-refractivity contribution is -0.134. The molecule has 0 saturated carbocycles. The van der Waals surface area contributed by atoms with Crippen molar-refractivity contribution < 1.29 is 4.79 Å². The first kappa shape index (κ1) is 17.6. The van der Waals surface area contributed by atoms with Gasteiger partial charge in [-0.15, -0.1) is 0 Å². The van der Waals surface area contributed by atoms with Gasteiger partial charge in [0.25, 0.3) is 5.56 Å². The second-order valence-corrected chi connectivity index (χ2v) is 7.25. The molecular weight excluding hydrogens is 344 g/mol. The van der Waals surface area contributed by atoms with E-state index in [-0.39, 0.29) is 17.4 Å². The number of hydrogen-bond donors (Lipinski definition) is 0. The molecule has 2 aliphatic rings. The van der Waals surface area contributed by atoms with Crippen molar-refractivity contribution in [3.63, 3.8) is 0 Å². The molecule has 0 bridgehead atoms. The van der Waals surface area contributed by atoms with Crippen LogP contribution in [0, 0.1) is 5.92 Å².